The van der Waals surface area contributed by atoms with Crippen LogP contribution in [0.25, 0.3) is 0 Å². The van der Waals surface area contributed by atoms with Crippen molar-refractivity contribution in [3.63, 3.8) is 0 Å². The zero-order chi connectivity index (χ0) is 22.3. The molecule has 7 nitrogen and oxygen atoms in total. The third-order valence-electron chi connectivity index (χ3n) is 9.13. The summed E-state index contributed by atoms with van der Waals surface area (Å²) in [5, 5.41) is 3.02. The van der Waals surface area contributed by atoms with Crippen LogP contribution in [-0.2, 0) is 14.4 Å². The molecule has 4 bridgehead atoms. The maximum Gasteiger partial charge on any atom is 0.242 e. The van der Waals surface area contributed by atoms with E-state index < -0.39 is 0 Å². The predicted molar refractivity (Wildman–Crippen MR) is 122 cm³/mol. The summed E-state index contributed by atoms with van der Waals surface area (Å²) < 4.78 is 0. The monoisotopic (exact) mass is 444 g/mol. The van der Waals surface area contributed by atoms with Crippen molar-refractivity contribution >= 4 is 17.7 Å². The van der Waals surface area contributed by atoms with Gasteiger partial charge in [-0.25, -0.2) is 0 Å². The van der Waals surface area contributed by atoms with Crippen LogP contribution in [0.4, 0.5) is 0 Å². The molecule has 6 aliphatic rings. The highest BCUT2D eigenvalue weighted by Crippen LogP contribution is 2.60. The summed E-state index contributed by atoms with van der Waals surface area (Å²) in [5.74, 6) is 2.55. The Labute approximate surface area is 192 Å². The number of carbonyl (C=O) groups excluding carboxylic acids is 3. The van der Waals surface area contributed by atoms with Gasteiger partial charge in [0.25, 0.3) is 0 Å². The Morgan fingerprint density at radius 1 is 0.844 bits per heavy atom. The first-order valence-electron chi connectivity index (χ1n) is 13.0. The van der Waals surface area contributed by atoms with Crippen LogP contribution in [0.3, 0.4) is 0 Å². The summed E-state index contributed by atoms with van der Waals surface area (Å²) in [6.45, 7) is 6.31. The standard InChI is InChI=1S/C25H40N4O3/c1-18-4-2-3-5-29(18)23(31)17-27-6-8-28(9-7-27)22(30)16-26-24(32)25-13-19-10-20(14-25)12-21(11-19)15-25/h18-21H,2-17H2,1H3,(H,26,32). The van der Waals surface area contributed by atoms with Gasteiger partial charge in [0.05, 0.1) is 13.1 Å². The van der Waals surface area contributed by atoms with E-state index >= 15 is 0 Å². The first kappa shape index (κ1) is 22.2. The van der Waals surface area contributed by atoms with Gasteiger partial charge in [0.2, 0.25) is 17.7 Å². The van der Waals surface area contributed by atoms with Crippen molar-refractivity contribution in [3.05, 3.63) is 0 Å². The molecule has 6 fully saturated rings. The van der Waals surface area contributed by atoms with E-state index in [9.17, 15) is 14.4 Å². The molecular formula is C25H40N4O3. The average Bonchev–Trinajstić information content (AvgIpc) is 2.77. The van der Waals surface area contributed by atoms with Gasteiger partial charge in [0, 0.05) is 44.2 Å². The van der Waals surface area contributed by atoms with Gasteiger partial charge in [0.1, 0.15) is 0 Å². The molecule has 0 aromatic carbocycles. The van der Waals surface area contributed by atoms with Crippen LogP contribution in [0, 0.1) is 23.2 Å². The Morgan fingerprint density at radius 3 is 2.06 bits per heavy atom. The van der Waals surface area contributed by atoms with Crippen molar-refractivity contribution in [1.82, 2.24) is 20.0 Å². The molecule has 0 aromatic rings. The lowest BCUT2D eigenvalue weighted by Gasteiger charge is -2.55. The van der Waals surface area contributed by atoms with Gasteiger partial charge in [-0.1, -0.05) is 0 Å². The molecule has 1 N–H and O–H groups in total. The van der Waals surface area contributed by atoms with Crippen molar-refractivity contribution in [2.45, 2.75) is 70.8 Å². The second-order valence-electron chi connectivity index (χ2n) is 11.5. The van der Waals surface area contributed by atoms with E-state index in [1.54, 1.807) is 0 Å². The second-order valence-corrected chi connectivity index (χ2v) is 11.5. The fourth-order valence-corrected chi connectivity index (χ4v) is 7.75. The number of amides is 3. The lowest BCUT2D eigenvalue weighted by molar-refractivity contribution is -0.148. The topological polar surface area (TPSA) is 73.0 Å². The molecule has 0 aromatic heterocycles. The largest absolute Gasteiger partial charge is 0.347 e. The fourth-order valence-electron chi connectivity index (χ4n) is 7.75. The molecule has 4 saturated carbocycles. The highest BCUT2D eigenvalue weighted by Gasteiger charge is 2.54. The van der Waals surface area contributed by atoms with E-state index in [1.165, 1.54) is 25.7 Å². The second kappa shape index (κ2) is 8.96. The summed E-state index contributed by atoms with van der Waals surface area (Å²) in [4.78, 5) is 44.6. The summed E-state index contributed by atoms with van der Waals surface area (Å²) >= 11 is 0. The van der Waals surface area contributed by atoms with E-state index in [2.05, 4.69) is 17.1 Å². The number of likely N-dealkylation sites (tertiary alicyclic amines) is 1. The number of hydrogen-bond donors (Lipinski definition) is 1. The van der Waals surface area contributed by atoms with Crippen LogP contribution < -0.4 is 5.32 Å². The van der Waals surface area contributed by atoms with E-state index in [1.807, 2.05) is 9.80 Å². The molecule has 2 saturated heterocycles. The number of piperazine rings is 1. The number of nitrogens with zero attached hydrogens (tertiary/aromatic N) is 3. The van der Waals surface area contributed by atoms with E-state index in [4.69, 9.17) is 0 Å². The molecule has 1 atom stereocenters. The number of carbonyl (C=O) groups is 3. The molecule has 4 aliphatic carbocycles. The lowest BCUT2D eigenvalue weighted by Crippen LogP contribution is -2.56. The Kier molecular flexibility index (Phi) is 6.21. The van der Waals surface area contributed by atoms with Crippen LogP contribution >= 0.6 is 0 Å². The molecule has 2 heterocycles. The average molecular weight is 445 g/mol. The number of piperidine rings is 1. The Balaban J connectivity index is 1.05. The summed E-state index contributed by atoms with van der Waals surface area (Å²) in [6, 6.07) is 0.344. The highest BCUT2D eigenvalue weighted by molar-refractivity contribution is 5.88. The van der Waals surface area contributed by atoms with Crippen LogP contribution in [0.15, 0.2) is 0 Å². The maximum atomic E-state index is 13.1. The molecule has 3 amide bonds. The van der Waals surface area contributed by atoms with E-state index in [0.29, 0.717) is 25.7 Å². The molecule has 1 unspecified atom stereocenters. The predicted octanol–water partition coefficient (Wildman–Crippen LogP) is 1.86. The van der Waals surface area contributed by atoms with E-state index in [-0.39, 0.29) is 29.7 Å². The van der Waals surface area contributed by atoms with Crippen molar-refractivity contribution in [1.29, 1.82) is 0 Å². The first-order valence-corrected chi connectivity index (χ1v) is 13.0. The highest BCUT2D eigenvalue weighted by atomic mass is 16.2. The molecule has 0 spiro atoms. The van der Waals surface area contributed by atoms with Crippen molar-refractivity contribution < 1.29 is 14.4 Å². The van der Waals surface area contributed by atoms with Gasteiger partial charge in [-0.2, -0.15) is 0 Å². The molecule has 2 aliphatic heterocycles. The zero-order valence-corrected chi connectivity index (χ0v) is 19.7. The molecule has 6 rings (SSSR count). The van der Waals surface area contributed by atoms with Crippen molar-refractivity contribution in [2.75, 3.05) is 45.8 Å². The van der Waals surface area contributed by atoms with Crippen LogP contribution in [0.2, 0.25) is 0 Å². The zero-order valence-electron chi connectivity index (χ0n) is 19.7. The Morgan fingerprint density at radius 2 is 1.47 bits per heavy atom. The minimum Gasteiger partial charge on any atom is -0.347 e. The van der Waals surface area contributed by atoms with Crippen molar-refractivity contribution in [3.8, 4) is 0 Å². The summed E-state index contributed by atoms with van der Waals surface area (Å²) in [6.07, 6.45) is 10.4. The first-order chi connectivity index (χ1) is 15.4. The smallest absolute Gasteiger partial charge is 0.242 e. The Hall–Kier alpha value is -1.63. The number of nitrogens with one attached hydrogen (secondary N) is 1. The third kappa shape index (κ3) is 4.42. The molecule has 32 heavy (non-hydrogen) atoms. The maximum absolute atomic E-state index is 13.1. The van der Waals surface area contributed by atoms with Gasteiger partial charge in [-0.15, -0.1) is 0 Å². The third-order valence-corrected chi connectivity index (χ3v) is 9.13. The van der Waals surface area contributed by atoms with Gasteiger partial charge in [-0.05, 0) is 82.5 Å². The SMILES string of the molecule is CC1CCCCN1C(=O)CN1CCN(C(=O)CNC(=O)C23CC4CC(CC(C4)C2)C3)CC1. The van der Waals surface area contributed by atoms with Gasteiger partial charge < -0.3 is 15.1 Å². The van der Waals surface area contributed by atoms with Crippen LogP contribution in [0.1, 0.15) is 64.7 Å². The Bertz CT molecular complexity index is 710. The van der Waals surface area contributed by atoms with Crippen LogP contribution in [0.5, 0.6) is 0 Å². The fraction of sp³-hybridized carbons (Fsp3) is 0.880. The van der Waals surface area contributed by atoms with E-state index in [0.717, 1.165) is 69.5 Å². The molecule has 7 heteroatoms. The number of hydrogen-bond acceptors (Lipinski definition) is 4. The molecular weight excluding hydrogens is 404 g/mol. The minimum absolute atomic E-state index is 0.0127. The molecule has 178 valence electrons. The quantitative estimate of drug-likeness (QED) is 0.703. The number of rotatable bonds is 5. The minimum atomic E-state index is -0.195. The van der Waals surface area contributed by atoms with Crippen molar-refractivity contribution in [2.24, 2.45) is 23.2 Å². The normalized spacial score (nSPS) is 36.9. The molecule has 0 radical (unpaired) electrons. The summed E-state index contributed by atoms with van der Waals surface area (Å²) in [5.41, 5.74) is -0.195. The van der Waals surface area contributed by atoms with Gasteiger partial charge in [0.15, 0.2) is 0 Å². The summed E-state index contributed by atoms with van der Waals surface area (Å²) in [7, 11) is 0. The van der Waals surface area contributed by atoms with Crippen LogP contribution in [-0.4, -0.2) is 84.3 Å². The van der Waals surface area contributed by atoms with Gasteiger partial charge in [-0.3, -0.25) is 19.3 Å². The van der Waals surface area contributed by atoms with Gasteiger partial charge >= 0.3 is 0 Å². The lowest BCUT2D eigenvalue weighted by atomic mass is 9.49.